The summed E-state index contributed by atoms with van der Waals surface area (Å²) in [5.74, 6) is -0.556. The van der Waals surface area contributed by atoms with Gasteiger partial charge in [0.15, 0.2) is 6.04 Å². The van der Waals surface area contributed by atoms with Gasteiger partial charge in [0.05, 0.1) is 7.11 Å². The topological polar surface area (TPSA) is 65.1 Å². The summed E-state index contributed by atoms with van der Waals surface area (Å²) in [4.78, 5) is 25.8. The Morgan fingerprint density at radius 1 is 1.29 bits per heavy atom. The standard InChI is InChI=1S/C15H25NO5/c1-9(2)11-10(12(17)19-8)16(15(6,7)20-11)13(18)21-14(3,4)5/h10-11H,1H2,2-8H3. The van der Waals surface area contributed by atoms with E-state index in [1.807, 2.05) is 0 Å². The second-order valence-electron chi connectivity index (χ2n) is 6.65. The number of esters is 1. The first-order valence-electron chi connectivity index (χ1n) is 6.84. The van der Waals surface area contributed by atoms with Gasteiger partial charge in [0, 0.05) is 0 Å². The molecule has 0 aliphatic carbocycles. The number of methoxy groups -OCH3 is 1. The molecular formula is C15H25NO5. The number of carbonyl (C=O) groups is 2. The minimum Gasteiger partial charge on any atom is -0.467 e. The van der Waals surface area contributed by atoms with Gasteiger partial charge in [0.1, 0.15) is 17.4 Å². The van der Waals surface area contributed by atoms with E-state index in [1.165, 1.54) is 12.0 Å². The van der Waals surface area contributed by atoms with E-state index in [0.29, 0.717) is 5.57 Å². The van der Waals surface area contributed by atoms with Crippen LogP contribution in [-0.2, 0) is 19.0 Å². The van der Waals surface area contributed by atoms with Gasteiger partial charge in [-0.2, -0.15) is 0 Å². The third kappa shape index (κ3) is 3.75. The summed E-state index contributed by atoms with van der Waals surface area (Å²) in [6.07, 6.45) is -1.24. The van der Waals surface area contributed by atoms with E-state index < -0.39 is 35.5 Å². The van der Waals surface area contributed by atoms with Crippen LogP contribution in [0.25, 0.3) is 0 Å². The summed E-state index contributed by atoms with van der Waals surface area (Å²) in [5, 5.41) is 0. The molecule has 1 aliphatic heterocycles. The van der Waals surface area contributed by atoms with Gasteiger partial charge < -0.3 is 14.2 Å². The monoisotopic (exact) mass is 299 g/mol. The van der Waals surface area contributed by atoms with E-state index in [4.69, 9.17) is 14.2 Å². The van der Waals surface area contributed by atoms with Crippen LogP contribution in [0.1, 0.15) is 41.5 Å². The maximum atomic E-state index is 12.5. The maximum absolute atomic E-state index is 12.5. The quantitative estimate of drug-likeness (QED) is 0.579. The third-order valence-electron chi connectivity index (χ3n) is 3.08. The van der Waals surface area contributed by atoms with Crippen LogP contribution in [0.3, 0.4) is 0 Å². The highest BCUT2D eigenvalue weighted by Crippen LogP contribution is 2.36. The fourth-order valence-corrected chi connectivity index (χ4v) is 2.27. The first-order chi connectivity index (χ1) is 9.40. The number of hydrogen-bond acceptors (Lipinski definition) is 5. The van der Waals surface area contributed by atoms with Crippen LogP contribution in [-0.4, -0.2) is 47.5 Å². The molecule has 6 nitrogen and oxygen atoms in total. The van der Waals surface area contributed by atoms with Crippen LogP contribution in [0, 0.1) is 0 Å². The molecule has 1 rings (SSSR count). The van der Waals surface area contributed by atoms with Crippen molar-refractivity contribution in [2.24, 2.45) is 0 Å². The van der Waals surface area contributed by atoms with Crippen molar-refractivity contribution >= 4 is 12.1 Å². The molecule has 2 unspecified atom stereocenters. The molecule has 0 saturated carbocycles. The van der Waals surface area contributed by atoms with Crippen molar-refractivity contribution < 1.29 is 23.8 Å². The van der Waals surface area contributed by atoms with Gasteiger partial charge >= 0.3 is 12.1 Å². The number of hydrogen-bond donors (Lipinski definition) is 0. The Morgan fingerprint density at radius 2 is 1.81 bits per heavy atom. The SMILES string of the molecule is C=C(C)C1OC(C)(C)N(C(=O)OC(C)(C)C)C1C(=O)OC. The zero-order valence-electron chi connectivity index (χ0n) is 13.9. The fraction of sp³-hybridized carbons (Fsp3) is 0.733. The molecule has 0 bridgehead atoms. The molecule has 1 aliphatic rings. The second-order valence-corrected chi connectivity index (χ2v) is 6.65. The van der Waals surface area contributed by atoms with Crippen molar-refractivity contribution in [1.29, 1.82) is 0 Å². The molecule has 6 heteroatoms. The highest BCUT2D eigenvalue weighted by atomic mass is 16.6. The number of rotatable bonds is 2. The molecule has 1 amide bonds. The first-order valence-corrected chi connectivity index (χ1v) is 6.84. The molecule has 21 heavy (non-hydrogen) atoms. The number of amides is 1. The van der Waals surface area contributed by atoms with Crippen molar-refractivity contribution in [3.05, 3.63) is 12.2 Å². The largest absolute Gasteiger partial charge is 0.467 e. The van der Waals surface area contributed by atoms with E-state index >= 15 is 0 Å². The Hall–Kier alpha value is -1.56. The zero-order chi connectivity index (χ0) is 16.6. The van der Waals surface area contributed by atoms with E-state index in [-0.39, 0.29) is 0 Å². The third-order valence-corrected chi connectivity index (χ3v) is 3.08. The predicted molar refractivity (Wildman–Crippen MR) is 77.6 cm³/mol. The van der Waals surface area contributed by atoms with Crippen LogP contribution in [0.2, 0.25) is 0 Å². The Balaban J connectivity index is 3.19. The Kier molecular flexibility index (Phi) is 4.73. The molecule has 0 spiro atoms. The molecule has 1 saturated heterocycles. The van der Waals surface area contributed by atoms with Crippen LogP contribution in [0.15, 0.2) is 12.2 Å². The van der Waals surface area contributed by atoms with Crippen LogP contribution in [0.5, 0.6) is 0 Å². The Morgan fingerprint density at radius 3 is 2.19 bits per heavy atom. The number of carbonyl (C=O) groups excluding carboxylic acids is 2. The lowest BCUT2D eigenvalue weighted by Gasteiger charge is -2.34. The van der Waals surface area contributed by atoms with Crippen LogP contribution >= 0.6 is 0 Å². The van der Waals surface area contributed by atoms with Crippen LogP contribution < -0.4 is 0 Å². The van der Waals surface area contributed by atoms with Crippen molar-refractivity contribution in [1.82, 2.24) is 4.90 Å². The molecule has 0 aromatic rings. The van der Waals surface area contributed by atoms with E-state index in [1.54, 1.807) is 41.5 Å². The van der Waals surface area contributed by atoms with Gasteiger partial charge in [-0.05, 0) is 47.1 Å². The van der Waals surface area contributed by atoms with Gasteiger partial charge in [-0.15, -0.1) is 0 Å². The van der Waals surface area contributed by atoms with E-state index in [9.17, 15) is 9.59 Å². The predicted octanol–water partition coefficient (Wildman–Crippen LogP) is 2.48. The van der Waals surface area contributed by atoms with Crippen molar-refractivity contribution in [3.8, 4) is 0 Å². The summed E-state index contributed by atoms with van der Waals surface area (Å²) >= 11 is 0. The molecular weight excluding hydrogens is 274 g/mol. The average Bonchev–Trinajstić information content (AvgIpc) is 2.57. The van der Waals surface area contributed by atoms with E-state index in [2.05, 4.69) is 6.58 Å². The highest BCUT2D eigenvalue weighted by molar-refractivity contribution is 5.83. The van der Waals surface area contributed by atoms with E-state index in [0.717, 1.165) is 0 Å². The lowest BCUT2D eigenvalue weighted by Crippen LogP contribution is -2.53. The minimum absolute atomic E-state index is 0.556. The maximum Gasteiger partial charge on any atom is 0.413 e. The fourth-order valence-electron chi connectivity index (χ4n) is 2.27. The smallest absolute Gasteiger partial charge is 0.413 e. The van der Waals surface area contributed by atoms with Crippen molar-refractivity contribution in [2.45, 2.75) is 65.0 Å². The van der Waals surface area contributed by atoms with Crippen molar-refractivity contribution in [3.63, 3.8) is 0 Å². The summed E-state index contributed by atoms with van der Waals surface area (Å²) < 4.78 is 16.0. The highest BCUT2D eigenvalue weighted by Gasteiger charge is 2.55. The molecule has 2 atom stereocenters. The Bertz CT molecular complexity index is 449. The summed E-state index contributed by atoms with van der Waals surface area (Å²) in [6, 6.07) is -0.905. The number of ether oxygens (including phenoxy) is 3. The summed E-state index contributed by atoms with van der Waals surface area (Å²) in [7, 11) is 1.27. The molecule has 0 N–H and O–H groups in total. The van der Waals surface area contributed by atoms with Gasteiger partial charge in [-0.3, -0.25) is 4.90 Å². The van der Waals surface area contributed by atoms with Crippen molar-refractivity contribution in [2.75, 3.05) is 7.11 Å². The number of nitrogens with zero attached hydrogens (tertiary/aromatic N) is 1. The van der Waals surface area contributed by atoms with Gasteiger partial charge in [0.2, 0.25) is 0 Å². The Labute approximate surface area is 126 Å². The molecule has 1 heterocycles. The normalized spacial score (nSPS) is 24.6. The first kappa shape index (κ1) is 17.5. The molecule has 0 aromatic heterocycles. The zero-order valence-corrected chi connectivity index (χ0v) is 13.9. The molecule has 0 aromatic carbocycles. The lowest BCUT2D eigenvalue weighted by atomic mass is 10.0. The lowest BCUT2D eigenvalue weighted by molar-refractivity contribution is -0.147. The van der Waals surface area contributed by atoms with Gasteiger partial charge in [0.25, 0.3) is 0 Å². The summed E-state index contributed by atoms with van der Waals surface area (Å²) in [6.45, 7) is 14.3. The molecule has 1 fully saturated rings. The van der Waals surface area contributed by atoms with Gasteiger partial charge in [-0.25, -0.2) is 9.59 Å². The average molecular weight is 299 g/mol. The molecule has 0 radical (unpaired) electrons. The minimum atomic E-state index is -0.995. The molecule has 120 valence electrons. The van der Waals surface area contributed by atoms with Crippen LogP contribution in [0.4, 0.5) is 4.79 Å². The van der Waals surface area contributed by atoms with Gasteiger partial charge in [-0.1, -0.05) is 6.58 Å². The second kappa shape index (κ2) is 5.67. The summed E-state index contributed by atoms with van der Waals surface area (Å²) in [5.41, 5.74) is -1.02.